The molecule has 3 rings (SSSR count). The molecular weight excluding hydrogens is 438 g/mol. The Morgan fingerprint density at radius 3 is 2.50 bits per heavy atom. The van der Waals surface area contributed by atoms with Gasteiger partial charge in [-0.1, -0.05) is 22.0 Å². The number of fused-ring (bicyclic) bond motifs is 1. The van der Waals surface area contributed by atoms with Crippen molar-refractivity contribution in [3.05, 3.63) is 56.6 Å². The SMILES string of the molecule is C[C@@H]1CC2=C(C=N)C(C)(N)CC=C2C(c2c(F)cc(Br)cc2F)N1CC(F)F. The molecule has 28 heavy (non-hydrogen) atoms. The van der Waals surface area contributed by atoms with E-state index < -0.39 is 42.2 Å². The molecule has 3 atom stereocenters. The number of halogens is 5. The van der Waals surface area contributed by atoms with Crippen LogP contribution in [-0.2, 0) is 0 Å². The van der Waals surface area contributed by atoms with E-state index in [1.807, 2.05) is 0 Å². The second-order valence-electron chi connectivity index (χ2n) is 7.64. The molecule has 3 N–H and O–H groups in total. The van der Waals surface area contributed by atoms with E-state index in [0.29, 0.717) is 24.0 Å². The summed E-state index contributed by atoms with van der Waals surface area (Å²) in [6, 6.07) is 0.856. The normalized spacial score (nSPS) is 28.4. The standard InChI is InChI=1S/C20H22BrF4N3/c1-10-5-13-12(3-4-20(2,27)14(13)8-26)19(28(10)9-17(24)25)18-15(22)6-11(21)7-16(18)23/h3,6-8,10,17,19,26H,4-5,9,27H2,1-2H3/t10-,19?,20?/m1/s1. The number of nitrogens with two attached hydrogens (primary N) is 1. The molecule has 3 nitrogen and oxygen atoms in total. The van der Waals surface area contributed by atoms with E-state index >= 15 is 0 Å². The van der Waals surface area contributed by atoms with Crippen LogP contribution in [0.2, 0.25) is 0 Å². The van der Waals surface area contributed by atoms with E-state index in [4.69, 9.17) is 11.1 Å². The molecule has 0 amide bonds. The highest BCUT2D eigenvalue weighted by molar-refractivity contribution is 9.10. The highest BCUT2D eigenvalue weighted by Gasteiger charge is 2.43. The maximum absolute atomic E-state index is 14.8. The van der Waals surface area contributed by atoms with Crippen LogP contribution in [0.25, 0.3) is 0 Å². The summed E-state index contributed by atoms with van der Waals surface area (Å²) in [6.45, 7) is 2.93. The van der Waals surface area contributed by atoms with E-state index in [1.54, 1.807) is 19.9 Å². The Hall–Kier alpha value is -1.51. The van der Waals surface area contributed by atoms with E-state index in [0.717, 1.165) is 17.7 Å². The molecule has 0 aromatic heterocycles. The number of likely N-dealkylation sites (tertiary alicyclic amines) is 1. The van der Waals surface area contributed by atoms with Crippen LogP contribution >= 0.6 is 15.9 Å². The number of hydrogen-bond acceptors (Lipinski definition) is 3. The van der Waals surface area contributed by atoms with Crippen molar-refractivity contribution in [3.63, 3.8) is 0 Å². The summed E-state index contributed by atoms with van der Waals surface area (Å²) >= 11 is 3.06. The summed E-state index contributed by atoms with van der Waals surface area (Å²) in [6.07, 6.45) is 1.03. The highest BCUT2D eigenvalue weighted by atomic mass is 79.9. The molecule has 1 aromatic rings. The smallest absolute Gasteiger partial charge is 0.251 e. The molecule has 0 saturated carbocycles. The quantitative estimate of drug-likeness (QED) is 0.484. The van der Waals surface area contributed by atoms with Crippen molar-refractivity contribution in [3.8, 4) is 0 Å². The van der Waals surface area contributed by atoms with E-state index in [9.17, 15) is 17.6 Å². The Morgan fingerprint density at radius 1 is 1.36 bits per heavy atom. The number of benzene rings is 1. The lowest BCUT2D eigenvalue weighted by Crippen LogP contribution is -2.49. The van der Waals surface area contributed by atoms with Gasteiger partial charge in [0.15, 0.2) is 0 Å². The van der Waals surface area contributed by atoms with Crippen molar-refractivity contribution < 1.29 is 17.6 Å². The number of alkyl halides is 2. The van der Waals surface area contributed by atoms with Gasteiger partial charge in [0, 0.05) is 27.8 Å². The second-order valence-corrected chi connectivity index (χ2v) is 8.56. The van der Waals surface area contributed by atoms with Gasteiger partial charge in [-0.15, -0.1) is 0 Å². The van der Waals surface area contributed by atoms with Gasteiger partial charge in [-0.25, -0.2) is 17.6 Å². The number of hydrogen-bond donors (Lipinski definition) is 2. The minimum atomic E-state index is -2.65. The zero-order chi connectivity index (χ0) is 20.8. The molecule has 1 saturated heterocycles. The highest BCUT2D eigenvalue weighted by Crippen LogP contribution is 2.48. The number of nitrogens with one attached hydrogen (secondary N) is 1. The summed E-state index contributed by atoms with van der Waals surface area (Å²) in [5.41, 5.74) is 7.13. The molecule has 1 aliphatic carbocycles. The fraction of sp³-hybridized carbons (Fsp3) is 0.450. The van der Waals surface area contributed by atoms with Gasteiger partial charge >= 0.3 is 0 Å². The van der Waals surface area contributed by atoms with Gasteiger partial charge in [0.25, 0.3) is 6.43 Å². The number of rotatable bonds is 4. The molecule has 152 valence electrons. The fourth-order valence-corrected chi connectivity index (χ4v) is 4.64. The van der Waals surface area contributed by atoms with Gasteiger partial charge in [-0.3, -0.25) is 4.90 Å². The van der Waals surface area contributed by atoms with Crippen molar-refractivity contribution in [2.45, 2.75) is 50.7 Å². The lowest BCUT2D eigenvalue weighted by molar-refractivity contribution is 0.0425. The molecular formula is C20H22BrF4N3. The average Bonchev–Trinajstić information content (AvgIpc) is 2.55. The minimum absolute atomic E-state index is 0.235. The first-order chi connectivity index (χ1) is 13.1. The molecule has 1 aliphatic heterocycles. The molecule has 2 aliphatic rings. The van der Waals surface area contributed by atoms with E-state index in [1.165, 1.54) is 11.1 Å². The van der Waals surface area contributed by atoms with Crippen molar-refractivity contribution in [2.75, 3.05) is 6.54 Å². The first-order valence-electron chi connectivity index (χ1n) is 8.98. The van der Waals surface area contributed by atoms with Crippen LogP contribution in [0.15, 0.2) is 39.4 Å². The Labute approximate surface area is 169 Å². The maximum atomic E-state index is 14.8. The minimum Gasteiger partial charge on any atom is -0.321 e. The third-order valence-corrected chi connectivity index (χ3v) is 6.00. The zero-order valence-electron chi connectivity index (χ0n) is 15.6. The van der Waals surface area contributed by atoms with E-state index in [2.05, 4.69) is 15.9 Å². The number of piperidine rings is 1. The molecule has 2 unspecified atom stereocenters. The number of nitrogens with zero attached hydrogens (tertiary/aromatic N) is 1. The van der Waals surface area contributed by atoms with Gasteiger partial charge in [0.05, 0.1) is 12.6 Å². The van der Waals surface area contributed by atoms with Crippen LogP contribution in [-0.4, -0.2) is 35.7 Å². The Morgan fingerprint density at radius 2 is 1.96 bits per heavy atom. The summed E-state index contributed by atoms with van der Waals surface area (Å²) in [5.74, 6) is -1.61. The van der Waals surface area contributed by atoms with Crippen LogP contribution in [0.1, 0.15) is 38.3 Å². The summed E-state index contributed by atoms with van der Waals surface area (Å²) in [5, 5.41) is 7.81. The largest absolute Gasteiger partial charge is 0.321 e. The van der Waals surface area contributed by atoms with E-state index in [-0.39, 0.29) is 10.0 Å². The van der Waals surface area contributed by atoms with Gasteiger partial charge < -0.3 is 11.1 Å². The predicted molar refractivity (Wildman–Crippen MR) is 105 cm³/mol. The average molecular weight is 460 g/mol. The Balaban J connectivity index is 2.24. The monoisotopic (exact) mass is 459 g/mol. The van der Waals surface area contributed by atoms with Gasteiger partial charge in [-0.05, 0) is 55.5 Å². The lowest BCUT2D eigenvalue weighted by atomic mass is 9.71. The van der Waals surface area contributed by atoms with Crippen LogP contribution in [0, 0.1) is 17.0 Å². The van der Waals surface area contributed by atoms with Gasteiger partial charge in [-0.2, -0.15) is 0 Å². The first-order valence-corrected chi connectivity index (χ1v) is 9.77. The molecule has 1 heterocycles. The zero-order valence-corrected chi connectivity index (χ0v) is 17.2. The van der Waals surface area contributed by atoms with Crippen LogP contribution in [0.3, 0.4) is 0 Å². The van der Waals surface area contributed by atoms with Crippen molar-refractivity contribution in [1.82, 2.24) is 4.90 Å². The summed E-state index contributed by atoms with van der Waals surface area (Å²) in [4.78, 5) is 1.44. The second kappa shape index (κ2) is 7.72. The van der Waals surface area contributed by atoms with Crippen LogP contribution < -0.4 is 5.73 Å². The lowest BCUT2D eigenvalue weighted by Gasteiger charge is -2.47. The Bertz CT molecular complexity index is 840. The van der Waals surface area contributed by atoms with Gasteiger partial charge in [0.2, 0.25) is 0 Å². The predicted octanol–water partition coefficient (Wildman–Crippen LogP) is 5.12. The molecule has 1 aromatic carbocycles. The molecule has 8 heteroatoms. The first kappa shape index (κ1) is 21.2. The Kier molecular flexibility index (Phi) is 5.85. The fourth-order valence-electron chi connectivity index (χ4n) is 4.24. The molecule has 0 spiro atoms. The summed E-state index contributed by atoms with van der Waals surface area (Å²) < 4.78 is 56.5. The molecule has 0 radical (unpaired) electrons. The maximum Gasteiger partial charge on any atom is 0.251 e. The topological polar surface area (TPSA) is 53.1 Å². The van der Waals surface area contributed by atoms with Crippen molar-refractivity contribution >= 4 is 22.1 Å². The van der Waals surface area contributed by atoms with Gasteiger partial charge in [0.1, 0.15) is 11.6 Å². The van der Waals surface area contributed by atoms with Crippen molar-refractivity contribution in [2.24, 2.45) is 5.73 Å². The molecule has 1 fully saturated rings. The van der Waals surface area contributed by atoms with Crippen LogP contribution in [0.4, 0.5) is 17.6 Å². The molecule has 0 bridgehead atoms. The third-order valence-electron chi connectivity index (χ3n) is 5.54. The summed E-state index contributed by atoms with van der Waals surface area (Å²) in [7, 11) is 0. The van der Waals surface area contributed by atoms with Crippen molar-refractivity contribution in [1.29, 1.82) is 5.41 Å². The van der Waals surface area contributed by atoms with Crippen LogP contribution in [0.5, 0.6) is 0 Å². The third kappa shape index (κ3) is 3.69.